The predicted octanol–water partition coefficient (Wildman–Crippen LogP) is 1.67. The third-order valence-electron chi connectivity index (χ3n) is 5.64. The molecule has 1 aliphatic heterocycles. The van der Waals surface area contributed by atoms with Gasteiger partial charge in [-0.3, -0.25) is 4.79 Å². The Morgan fingerprint density at radius 1 is 1.32 bits per heavy atom. The Morgan fingerprint density at radius 3 is 2.68 bits per heavy atom. The number of carbonyl (C=O) groups excluding carboxylic acids is 1. The lowest BCUT2D eigenvalue weighted by Crippen LogP contribution is -3.13. The van der Waals surface area contributed by atoms with Gasteiger partial charge in [0.25, 0.3) is 0 Å². The number of hydrogen-bond donors (Lipinski definition) is 2. The molecule has 0 unspecified atom stereocenters. The van der Waals surface area contributed by atoms with Crippen LogP contribution in [0, 0.1) is 19.8 Å². The van der Waals surface area contributed by atoms with E-state index < -0.39 is 0 Å². The van der Waals surface area contributed by atoms with Crippen molar-refractivity contribution >= 4 is 22.3 Å². The van der Waals surface area contributed by atoms with Gasteiger partial charge in [0, 0.05) is 18.4 Å². The molecule has 1 saturated heterocycles. The van der Waals surface area contributed by atoms with E-state index >= 15 is 0 Å². The van der Waals surface area contributed by atoms with Gasteiger partial charge in [-0.15, -0.1) is 5.10 Å². The number of aromatic nitrogens is 3. The lowest BCUT2D eigenvalue weighted by Gasteiger charge is -2.34. The molecule has 0 aliphatic carbocycles. The van der Waals surface area contributed by atoms with Crippen LogP contribution in [0.4, 0.5) is 0 Å². The molecule has 28 heavy (non-hydrogen) atoms. The van der Waals surface area contributed by atoms with E-state index in [4.69, 9.17) is 4.74 Å². The van der Waals surface area contributed by atoms with Gasteiger partial charge in [0.05, 0.1) is 26.1 Å². The lowest BCUT2D eigenvalue weighted by atomic mass is 9.92. The summed E-state index contributed by atoms with van der Waals surface area (Å²) in [6.07, 6.45) is 1.57. The maximum Gasteiger partial charge on any atom is 0.309 e. The average molecular weight is 402 g/mol. The quantitative estimate of drug-likeness (QED) is 0.650. The first-order valence-electron chi connectivity index (χ1n) is 9.52. The number of ether oxygens (including phenoxy) is 1. The molecular formula is C20H25N4O3S+. The molecule has 2 aromatic heterocycles. The standard InChI is InChI=1S/C20H24N4O3S/c1-12-6-4-5-7-15(12)16(23-10-8-14(9-11-23)19(26)27-3)17-18(25)24-20(28-17)21-13(2)22-24/h4-7,14,16,25H,8-11H2,1-3H3/p+1/t16-/m0/s1. The van der Waals surface area contributed by atoms with Gasteiger partial charge in [0.2, 0.25) is 10.8 Å². The first kappa shape index (κ1) is 18.9. The number of quaternary nitrogens is 1. The zero-order valence-corrected chi connectivity index (χ0v) is 17.1. The van der Waals surface area contributed by atoms with E-state index in [1.54, 1.807) is 0 Å². The highest BCUT2D eigenvalue weighted by molar-refractivity contribution is 7.17. The van der Waals surface area contributed by atoms with Gasteiger partial charge in [-0.1, -0.05) is 35.6 Å². The molecule has 3 heterocycles. The number of carbonyl (C=O) groups is 1. The van der Waals surface area contributed by atoms with E-state index in [0.29, 0.717) is 10.8 Å². The summed E-state index contributed by atoms with van der Waals surface area (Å²) in [4.78, 5) is 19.3. The van der Waals surface area contributed by atoms with Crippen molar-refractivity contribution in [1.82, 2.24) is 14.6 Å². The second kappa shape index (κ2) is 7.52. The van der Waals surface area contributed by atoms with Crippen molar-refractivity contribution in [2.45, 2.75) is 32.7 Å². The number of hydrogen-bond acceptors (Lipinski definition) is 6. The maximum atomic E-state index is 11.9. The molecule has 8 heteroatoms. The number of esters is 1. The number of piperidine rings is 1. The molecule has 0 radical (unpaired) electrons. The lowest BCUT2D eigenvalue weighted by molar-refractivity contribution is -0.930. The Hall–Kier alpha value is -2.45. The van der Waals surface area contributed by atoms with E-state index in [0.717, 1.165) is 30.8 Å². The minimum atomic E-state index is -0.122. The van der Waals surface area contributed by atoms with Gasteiger partial charge in [0.1, 0.15) is 10.7 Å². The van der Waals surface area contributed by atoms with Crippen molar-refractivity contribution in [1.29, 1.82) is 0 Å². The highest BCUT2D eigenvalue weighted by atomic mass is 32.1. The molecule has 1 aliphatic rings. The molecule has 3 aromatic rings. The molecule has 1 fully saturated rings. The Labute approximate surface area is 167 Å². The summed E-state index contributed by atoms with van der Waals surface area (Å²) in [6, 6.07) is 8.27. The summed E-state index contributed by atoms with van der Waals surface area (Å²) < 4.78 is 6.46. The average Bonchev–Trinajstić information content (AvgIpc) is 3.21. The second-order valence-corrected chi connectivity index (χ2v) is 8.40. The van der Waals surface area contributed by atoms with Crippen molar-refractivity contribution in [2.75, 3.05) is 20.2 Å². The normalized spacial score (nSPS) is 21.0. The van der Waals surface area contributed by atoms with E-state index in [1.165, 1.54) is 39.0 Å². The fourth-order valence-electron chi connectivity index (χ4n) is 4.17. The molecule has 2 N–H and O–H groups in total. The van der Waals surface area contributed by atoms with Crippen LogP contribution in [-0.2, 0) is 9.53 Å². The van der Waals surface area contributed by atoms with Gasteiger partial charge >= 0.3 is 5.97 Å². The van der Waals surface area contributed by atoms with Gasteiger partial charge in [-0.25, -0.2) is 4.98 Å². The fourth-order valence-corrected chi connectivity index (χ4v) is 5.35. The van der Waals surface area contributed by atoms with Crippen LogP contribution in [0.1, 0.15) is 40.7 Å². The largest absolute Gasteiger partial charge is 0.492 e. The zero-order chi connectivity index (χ0) is 19.8. The number of likely N-dealkylation sites (tertiary alicyclic amines) is 1. The molecule has 7 nitrogen and oxygen atoms in total. The molecule has 1 atom stereocenters. The number of nitrogens with one attached hydrogen (secondary N) is 1. The Balaban J connectivity index is 1.73. The molecule has 148 valence electrons. The number of thiazole rings is 1. The summed E-state index contributed by atoms with van der Waals surface area (Å²) in [6.45, 7) is 5.59. The summed E-state index contributed by atoms with van der Waals surface area (Å²) in [5, 5.41) is 15.2. The molecule has 1 aromatic carbocycles. The molecular weight excluding hydrogens is 376 g/mol. The number of rotatable bonds is 4. The minimum absolute atomic E-state index is 0.0198. The first-order valence-corrected chi connectivity index (χ1v) is 10.3. The first-order chi connectivity index (χ1) is 13.5. The number of nitrogens with zero attached hydrogens (tertiary/aromatic N) is 3. The van der Waals surface area contributed by atoms with Crippen molar-refractivity contribution in [3.63, 3.8) is 0 Å². The van der Waals surface area contributed by atoms with E-state index in [2.05, 4.69) is 29.1 Å². The Bertz CT molecular complexity index is 1000. The number of benzene rings is 1. The Morgan fingerprint density at radius 2 is 2.04 bits per heavy atom. The van der Waals surface area contributed by atoms with Crippen LogP contribution in [0.25, 0.3) is 4.96 Å². The van der Waals surface area contributed by atoms with Crippen molar-refractivity contribution in [3.05, 3.63) is 46.1 Å². The van der Waals surface area contributed by atoms with Crippen molar-refractivity contribution < 1.29 is 19.5 Å². The van der Waals surface area contributed by atoms with Crippen LogP contribution in [0.15, 0.2) is 24.3 Å². The minimum Gasteiger partial charge on any atom is -0.492 e. The fraction of sp³-hybridized carbons (Fsp3) is 0.450. The van der Waals surface area contributed by atoms with E-state index in [-0.39, 0.29) is 23.8 Å². The van der Waals surface area contributed by atoms with E-state index in [9.17, 15) is 9.90 Å². The molecule has 0 spiro atoms. The summed E-state index contributed by atoms with van der Waals surface area (Å²) in [7, 11) is 1.45. The van der Waals surface area contributed by atoms with Crippen molar-refractivity contribution in [3.8, 4) is 5.88 Å². The SMILES string of the molecule is COC(=O)C1CC[NH+]([C@@H](c2ccccc2C)c2sc3nc(C)nn3c2O)CC1. The Kier molecular flexibility index (Phi) is 5.07. The molecule has 0 amide bonds. The highest BCUT2D eigenvalue weighted by Gasteiger charge is 2.37. The van der Waals surface area contributed by atoms with Crippen LogP contribution >= 0.6 is 11.3 Å². The molecule has 0 bridgehead atoms. The zero-order valence-electron chi connectivity index (χ0n) is 16.3. The summed E-state index contributed by atoms with van der Waals surface area (Å²) in [5.41, 5.74) is 2.37. The summed E-state index contributed by atoms with van der Waals surface area (Å²) in [5.74, 6) is 0.650. The van der Waals surface area contributed by atoms with Gasteiger partial charge < -0.3 is 14.7 Å². The van der Waals surface area contributed by atoms with Crippen LogP contribution in [0.2, 0.25) is 0 Å². The highest BCUT2D eigenvalue weighted by Crippen LogP contribution is 2.36. The van der Waals surface area contributed by atoms with Gasteiger partial charge in [-0.2, -0.15) is 4.52 Å². The number of aromatic hydroxyl groups is 1. The third kappa shape index (κ3) is 3.27. The molecule has 0 saturated carbocycles. The van der Waals surface area contributed by atoms with Crippen LogP contribution < -0.4 is 4.90 Å². The van der Waals surface area contributed by atoms with Crippen molar-refractivity contribution in [2.24, 2.45) is 5.92 Å². The molecule has 4 rings (SSSR count). The van der Waals surface area contributed by atoms with Gasteiger partial charge in [0.15, 0.2) is 6.04 Å². The maximum absolute atomic E-state index is 11.9. The monoisotopic (exact) mass is 401 g/mol. The number of methoxy groups -OCH3 is 1. The number of fused-ring (bicyclic) bond motifs is 1. The topological polar surface area (TPSA) is 81.2 Å². The van der Waals surface area contributed by atoms with E-state index in [1.807, 2.05) is 19.1 Å². The predicted molar refractivity (Wildman–Crippen MR) is 106 cm³/mol. The summed E-state index contributed by atoms with van der Waals surface area (Å²) >= 11 is 1.49. The second-order valence-electron chi connectivity index (χ2n) is 7.39. The smallest absolute Gasteiger partial charge is 0.309 e. The third-order valence-corrected chi connectivity index (χ3v) is 6.72. The van der Waals surface area contributed by atoms with Crippen LogP contribution in [0.5, 0.6) is 5.88 Å². The van der Waals surface area contributed by atoms with Gasteiger partial charge in [-0.05, 0) is 19.4 Å². The van der Waals surface area contributed by atoms with Crippen LogP contribution in [0.3, 0.4) is 0 Å². The number of aryl methyl sites for hydroxylation is 2. The van der Waals surface area contributed by atoms with Crippen LogP contribution in [-0.4, -0.2) is 45.9 Å².